The SMILES string of the molecule is CCCCC[C@@H](CCCP(C)(=O)OC)OC1CCCCO1. The van der Waals surface area contributed by atoms with E-state index in [9.17, 15) is 4.57 Å². The molecule has 1 aliphatic rings. The van der Waals surface area contributed by atoms with Gasteiger partial charge in [0.25, 0.3) is 0 Å². The predicted octanol–water partition coefficient (Wildman–Crippen LogP) is 4.81. The molecule has 0 N–H and O–H groups in total. The predicted molar refractivity (Wildman–Crippen MR) is 87.2 cm³/mol. The Kier molecular flexibility index (Phi) is 9.83. The highest BCUT2D eigenvalue weighted by molar-refractivity contribution is 7.58. The molecule has 0 aromatic heterocycles. The highest BCUT2D eigenvalue weighted by atomic mass is 31.2. The highest BCUT2D eigenvalue weighted by Crippen LogP contribution is 2.42. The lowest BCUT2D eigenvalue weighted by Crippen LogP contribution is -2.28. The van der Waals surface area contributed by atoms with E-state index in [4.69, 9.17) is 14.0 Å². The second-order valence-corrected chi connectivity index (χ2v) is 8.95. The lowest BCUT2D eigenvalue weighted by molar-refractivity contribution is -0.190. The van der Waals surface area contributed by atoms with Crippen molar-refractivity contribution in [2.45, 2.75) is 77.1 Å². The van der Waals surface area contributed by atoms with Gasteiger partial charge >= 0.3 is 0 Å². The summed E-state index contributed by atoms with van der Waals surface area (Å²) in [5, 5.41) is 0. The molecule has 0 aromatic rings. The molecule has 0 saturated carbocycles. The summed E-state index contributed by atoms with van der Waals surface area (Å²) < 4.78 is 28.8. The summed E-state index contributed by atoms with van der Waals surface area (Å²) in [6, 6.07) is 0. The molecule has 1 saturated heterocycles. The highest BCUT2D eigenvalue weighted by Gasteiger charge is 2.21. The van der Waals surface area contributed by atoms with Crippen LogP contribution in [-0.2, 0) is 18.6 Å². The molecule has 1 aliphatic heterocycles. The maximum absolute atomic E-state index is 11.9. The van der Waals surface area contributed by atoms with Gasteiger partial charge in [-0.2, -0.15) is 0 Å². The summed E-state index contributed by atoms with van der Waals surface area (Å²) in [5.41, 5.74) is 0. The van der Waals surface area contributed by atoms with Gasteiger partial charge < -0.3 is 14.0 Å². The van der Waals surface area contributed by atoms with Crippen molar-refractivity contribution >= 4 is 7.37 Å². The lowest BCUT2D eigenvalue weighted by atomic mass is 10.1. The van der Waals surface area contributed by atoms with Crippen LogP contribution in [-0.4, -0.2) is 38.9 Å². The fourth-order valence-electron chi connectivity index (χ4n) is 2.63. The molecule has 0 amide bonds. The first-order valence-electron chi connectivity index (χ1n) is 8.46. The molecular weight excluding hydrogens is 287 g/mol. The van der Waals surface area contributed by atoms with E-state index in [1.165, 1.54) is 32.8 Å². The van der Waals surface area contributed by atoms with Gasteiger partial charge in [-0.3, -0.25) is 4.57 Å². The van der Waals surface area contributed by atoms with Crippen LogP contribution < -0.4 is 0 Å². The van der Waals surface area contributed by atoms with E-state index in [1.807, 2.05) is 0 Å². The second kappa shape index (κ2) is 10.8. The van der Waals surface area contributed by atoms with Crippen molar-refractivity contribution in [3.05, 3.63) is 0 Å². The van der Waals surface area contributed by atoms with Gasteiger partial charge in [-0.1, -0.05) is 26.2 Å². The van der Waals surface area contributed by atoms with Crippen LogP contribution in [0.3, 0.4) is 0 Å². The molecule has 0 spiro atoms. The molecule has 2 unspecified atom stereocenters. The Morgan fingerprint density at radius 3 is 2.62 bits per heavy atom. The number of rotatable bonds is 11. The fraction of sp³-hybridized carbons (Fsp3) is 1.00. The van der Waals surface area contributed by atoms with Crippen molar-refractivity contribution < 1.29 is 18.6 Å². The Balaban J connectivity index is 2.33. The van der Waals surface area contributed by atoms with Gasteiger partial charge in [0.15, 0.2) is 13.7 Å². The summed E-state index contributed by atoms with van der Waals surface area (Å²) in [7, 11) is -0.857. The van der Waals surface area contributed by atoms with Crippen molar-refractivity contribution in [1.82, 2.24) is 0 Å². The molecular formula is C16H33O4P. The molecule has 1 rings (SSSR count). The van der Waals surface area contributed by atoms with Gasteiger partial charge in [-0.05, 0) is 38.5 Å². The Morgan fingerprint density at radius 2 is 2.00 bits per heavy atom. The maximum atomic E-state index is 11.9. The minimum absolute atomic E-state index is 0.0266. The molecule has 0 aromatic carbocycles. The first-order chi connectivity index (χ1) is 10.1. The zero-order valence-electron chi connectivity index (χ0n) is 14.0. The minimum atomic E-state index is -2.39. The standard InChI is InChI=1S/C16H33O4P/c1-4-5-6-10-15(11-9-14-21(3,17)18-2)20-16-12-7-8-13-19-16/h15-16H,4-14H2,1-3H3/t15-,16?,21?/m0/s1. The number of hydrogen-bond donors (Lipinski definition) is 0. The third-order valence-corrected chi connectivity index (χ3v) is 5.99. The monoisotopic (exact) mass is 320 g/mol. The normalized spacial score (nSPS) is 23.7. The van der Waals surface area contributed by atoms with Crippen molar-refractivity contribution in [1.29, 1.82) is 0 Å². The van der Waals surface area contributed by atoms with Gasteiger partial charge in [0, 0.05) is 26.5 Å². The number of hydrogen-bond acceptors (Lipinski definition) is 4. The van der Waals surface area contributed by atoms with Gasteiger partial charge in [0.2, 0.25) is 0 Å². The van der Waals surface area contributed by atoms with E-state index in [2.05, 4.69) is 6.92 Å². The van der Waals surface area contributed by atoms with Crippen LogP contribution in [0.2, 0.25) is 0 Å². The molecule has 3 atom stereocenters. The summed E-state index contributed by atoms with van der Waals surface area (Å²) in [6.45, 7) is 4.75. The molecule has 0 bridgehead atoms. The van der Waals surface area contributed by atoms with Gasteiger partial charge in [0.1, 0.15) is 0 Å². The van der Waals surface area contributed by atoms with Crippen LogP contribution in [0.1, 0.15) is 64.7 Å². The Morgan fingerprint density at radius 1 is 1.24 bits per heavy atom. The first kappa shape index (κ1) is 19.2. The van der Waals surface area contributed by atoms with Crippen molar-refractivity contribution in [2.24, 2.45) is 0 Å². The lowest BCUT2D eigenvalue weighted by Gasteiger charge is -2.28. The smallest absolute Gasteiger partial charge is 0.199 e. The zero-order valence-corrected chi connectivity index (χ0v) is 14.9. The molecule has 0 aliphatic carbocycles. The van der Waals surface area contributed by atoms with Crippen molar-refractivity contribution in [3.63, 3.8) is 0 Å². The van der Waals surface area contributed by atoms with E-state index in [0.717, 1.165) is 38.7 Å². The van der Waals surface area contributed by atoms with Crippen LogP contribution in [0.15, 0.2) is 0 Å². The van der Waals surface area contributed by atoms with Crippen LogP contribution in [0.25, 0.3) is 0 Å². The van der Waals surface area contributed by atoms with Crippen LogP contribution in [0.4, 0.5) is 0 Å². The average molecular weight is 320 g/mol. The molecule has 1 fully saturated rings. The second-order valence-electron chi connectivity index (χ2n) is 6.11. The summed E-state index contributed by atoms with van der Waals surface area (Å²) >= 11 is 0. The maximum Gasteiger partial charge on any atom is 0.199 e. The molecule has 126 valence electrons. The van der Waals surface area contributed by atoms with Crippen molar-refractivity contribution in [2.75, 3.05) is 26.5 Å². The minimum Gasteiger partial charge on any atom is -0.353 e. The van der Waals surface area contributed by atoms with Gasteiger partial charge in [-0.25, -0.2) is 0 Å². The summed E-state index contributed by atoms with van der Waals surface area (Å²) in [6.07, 6.45) is 10.8. The van der Waals surface area contributed by atoms with Crippen LogP contribution in [0.5, 0.6) is 0 Å². The average Bonchev–Trinajstić information content (AvgIpc) is 2.48. The molecule has 1 heterocycles. The third kappa shape index (κ3) is 8.97. The largest absolute Gasteiger partial charge is 0.353 e. The summed E-state index contributed by atoms with van der Waals surface area (Å²) in [5.74, 6) is 0. The molecule has 21 heavy (non-hydrogen) atoms. The first-order valence-corrected chi connectivity index (χ1v) is 10.7. The number of ether oxygens (including phenoxy) is 2. The van der Waals surface area contributed by atoms with E-state index < -0.39 is 7.37 Å². The topological polar surface area (TPSA) is 44.8 Å². The Labute approximate surface area is 130 Å². The van der Waals surface area contributed by atoms with Crippen LogP contribution >= 0.6 is 7.37 Å². The van der Waals surface area contributed by atoms with E-state index in [1.54, 1.807) is 6.66 Å². The van der Waals surface area contributed by atoms with Crippen molar-refractivity contribution in [3.8, 4) is 0 Å². The zero-order chi connectivity index (χ0) is 15.6. The van der Waals surface area contributed by atoms with Gasteiger partial charge in [-0.15, -0.1) is 0 Å². The molecule has 0 radical (unpaired) electrons. The van der Waals surface area contributed by atoms with E-state index >= 15 is 0 Å². The van der Waals surface area contributed by atoms with E-state index in [0.29, 0.717) is 6.16 Å². The summed E-state index contributed by atoms with van der Waals surface area (Å²) in [4.78, 5) is 0. The number of unbranched alkanes of at least 4 members (excludes halogenated alkanes) is 2. The fourth-order valence-corrected chi connectivity index (χ4v) is 3.57. The van der Waals surface area contributed by atoms with E-state index in [-0.39, 0.29) is 12.4 Å². The third-order valence-electron chi connectivity index (χ3n) is 4.09. The molecule has 5 heteroatoms. The van der Waals surface area contributed by atoms with Crippen LogP contribution in [0, 0.1) is 0 Å². The Hall–Kier alpha value is 0.110. The Bertz CT molecular complexity index is 303. The van der Waals surface area contributed by atoms with Gasteiger partial charge in [0.05, 0.1) is 6.10 Å². The molecule has 4 nitrogen and oxygen atoms in total. The quantitative estimate of drug-likeness (QED) is 0.405.